The zero-order chi connectivity index (χ0) is 36.5. The molecule has 0 radical (unpaired) electrons. The highest BCUT2D eigenvalue weighted by atomic mass is 16.5. The first kappa shape index (κ1) is 36.8. The molecule has 51 heavy (non-hydrogen) atoms. The van der Waals surface area contributed by atoms with Crippen molar-refractivity contribution in [1.82, 2.24) is 31.6 Å². The van der Waals surface area contributed by atoms with E-state index in [1.807, 2.05) is 30.3 Å². The van der Waals surface area contributed by atoms with E-state index in [9.17, 15) is 24.0 Å². The highest BCUT2D eigenvalue weighted by molar-refractivity contribution is 6.00. The zero-order valence-corrected chi connectivity index (χ0v) is 29.4. The van der Waals surface area contributed by atoms with Crippen LogP contribution in [0, 0.1) is 5.92 Å². The summed E-state index contributed by atoms with van der Waals surface area (Å²) in [6.07, 6.45) is 3.16. The summed E-state index contributed by atoms with van der Waals surface area (Å²) in [6, 6.07) is 16.1. The Morgan fingerprint density at radius 1 is 0.961 bits per heavy atom. The lowest BCUT2D eigenvalue weighted by Gasteiger charge is -2.27. The van der Waals surface area contributed by atoms with E-state index in [-0.39, 0.29) is 48.8 Å². The third kappa shape index (κ3) is 10.1. The predicted octanol–water partition coefficient (Wildman–Crippen LogP) is 2.24. The molecule has 0 unspecified atom stereocenters. The molecule has 13 nitrogen and oxygen atoms in total. The molecule has 1 aromatic heterocycles. The number of pyridine rings is 1. The van der Waals surface area contributed by atoms with Crippen molar-refractivity contribution in [3.63, 3.8) is 0 Å². The smallest absolute Gasteiger partial charge is 0.252 e. The number of nitrogens with one attached hydrogen (secondary N) is 5. The van der Waals surface area contributed by atoms with Crippen LogP contribution < -0.4 is 36.1 Å². The van der Waals surface area contributed by atoms with Crippen molar-refractivity contribution >= 4 is 29.5 Å². The quantitative estimate of drug-likeness (QED) is 0.234. The number of hydrogen-bond donors (Lipinski definition) is 5. The van der Waals surface area contributed by atoms with Crippen LogP contribution in [0.25, 0.3) is 0 Å². The van der Waals surface area contributed by atoms with Crippen molar-refractivity contribution in [3.8, 4) is 11.6 Å². The Labute approximate surface area is 297 Å². The van der Waals surface area contributed by atoms with E-state index in [1.165, 1.54) is 32.4 Å². The number of nitrogens with zero attached hydrogens (tertiary/aromatic N) is 1. The molecule has 6 rings (SSSR count). The number of rotatable bonds is 7. The molecule has 2 bridgehead atoms. The van der Waals surface area contributed by atoms with Gasteiger partial charge in [-0.3, -0.25) is 24.0 Å². The lowest BCUT2D eigenvalue weighted by atomic mass is 10.0. The number of aromatic nitrogens is 1. The highest BCUT2D eigenvalue weighted by Crippen LogP contribution is 2.36. The standard InChI is InChI=1S/C38H46N6O7/c1-23(2)18-28-22-51-29-12-10-26(11-13-29)20-30(42-34(46)27-14-17-39-32(21-27)50-4)35(47)40-24(3)33(45)44-38(15-16-38)37(49)43-31(36(48)41-28)19-25-8-6-5-7-9-25/h5-14,17,21,23-24,28,30-31H,15-16,18-20,22H2,1-4H3,(H,40,47)(H,41,48)(H,42,46)(H,43,49)(H,44,45)/t24-,28+,30+,31-/m1/s1. The average molecular weight is 699 g/mol. The summed E-state index contributed by atoms with van der Waals surface area (Å²) in [6.45, 7) is 5.80. The molecule has 1 spiro atoms. The summed E-state index contributed by atoms with van der Waals surface area (Å²) in [5.74, 6) is -1.49. The van der Waals surface area contributed by atoms with Crippen molar-refractivity contribution < 1.29 is 33.4 Å². The van der Waals surface area contributed by atoms with E-state index in [1.54, 1.807) is 24.3 Å². The number of fused-ring (bicyclic) bond motifs is 15. The van der Waals surface area contributed by atoms with Crippen molar-refractivity contribution in [1.29, 1.82) is 0 Å². The molecule has 3 aliphatic rings. The first-order valence-electron chi connectivity index (χ1n) is 17.2. The minimum absolute atomic E-state index is 0.107. The van der Waals surface area contributed by atoms with Gasteiger partial charge >= 0.3 is 0 Å². The molecule has 4 atom stereocenters. The fourth-order valence-electron chi connectivity index (χ4n) is 5.92. The maximum atomic E-state index is 13.8. The summed E-state index contributed by atoms with van der Waals surface area (Å²) in [7, 11) is 1.44. The van der Waals surface area contributed by atoms with Gasteiger partial charge in [-0.25, -0.2) is 4.98 Å². The Morgan fingerprint density at radius 3 is 2.35 bits per heavy atom. The largest absolute Gasteiger partial charge is 0.491 e. The normalized spacial score (nSPS) is 22.5. The molecule has 13 heteroatoms. The summed E-state index contributed by atoms with van der Waals surface area (Å²) >= 11 is 0. The van der Waals surface area contributed by atoms with Gasteiger partial charge in [-0.1, -0.05) is 56.3 Å². The molecule has 1 saturated carbocycles. The first-order valence-corrected chi connectivity index (χ1v) is 17.2. The second-order valence-corrected chi connectivity index (χ2v) is 13.6. The Bertz CT molecular complexity index is 1710. The monoisotopic (exact) mass is 698 g/mol. The zero-order valence-electron chi connectivity index (χ0n) is 29.4. The van der Waals surface area contributed by atoms with Gasteiger partial charge in [0.1, 0.15) is 36.0 Å². The van der Waals surface area contributed by atoms with Crippen LogP contribution >= 0.6 is 0 Å². The highest BCUT2D eigenvalue weighted by Gasteiger charge is 2.52. The van der Waals surface area contributed by atoms with Gasteiger partial charge in [-0.05, 0) is 61.4 Å². The molecular formula is C38H46N6O7. The van der Waals surface area contributed by atoms with Gasteiger partial charge in [0.05, 0.1) is 13.2 Å². The number of amides is 5. The Hall–Kier alpha value is -5.46. The summed E-state index contributed by atoms with van der Waals surface area (Å²) in [4.78, 5) is 72.0. The van der Waals surface area contributed by atoms with Crippen molar-refractivity contribution in [2.24, 2.45) is 5.92 Å². The molecule has 1 aliphatic carbocycles. The van der Waals surface area contributed by atoms with Crippen LogP contribution in [0.4, 0.5) is 0 Å². The lowest BCUT2D eigenvalue weighted by molar-refractivity contribution is -0.134. The van der Waals surface area contributed by atoms with Gasteiger partial charge in [-0.2, -0.15) is 0 Å². The van der Waals surface area contributed by atoms with Crippen LogP contribution in [0.5, 0.6) is 11.6 Å². The van der Waals surface area contributed by atoms with Gasteiger partial charge in [0.25, 0.3) is 5.91 Å². The molecule has 3 heterocycles. The van der Waals surface area contributed by atoms with Crippen molar-refractivity contribution in [2.75, 3.05) is 13.7 Å². The van der Waals surface area contributed by atoms with Crippen LogP contribution in [0.15, 0.2) is 72.9 Å². The maximum absolute atomic E-state index is 13.8. The number of methoxy groups -OCH3 is 1. The second kappa shape index (κ2) is 16.5. The first-order chi connectivity index (χ1) is 24.4. The number of hydrogen-bond acceptors (Lipinski definition) is 8. The van der Waals surface area contributed by atoms with Crippen molar-refractivity contribution in [3.05, 3.63) is 89.6 Å². The number of carbonyl (C=O) groups is 5. The van der Waals surface area contributed by atoms with Crippen LogP contribution in [-0.2, 0) is 32.0 Å². The van der Waals surface area contributed by atoms with Crippen LogP contribution in [-0.4, -0.2) is 77.9 Å². The third-order valence-electron chi connectivity index (χ3n) is 8.95. The molecule has 5 amide bonds. The molecular weight excluding hydrogens is 652 g/mol. The van der Waals surface area contributed by atoms with Crippen LogP contribution in [0.3, 0.4) is 0 Å². The van der Waals surface area contributed by atoms with Crippen LogP contribution in [0.1, 0.15) is 61.5 Å². The van der Waals surface area contributed by atoms with E-state index in [0.717, 1.165) is 11.1 Å². The Balaban J connectivity index is 1.42. The average Bonchev–Trinajstić information content (AvgIpc) is 3.90. The summed E-state index contributed by atoms with van der Waals surface area (Å²) in [5, 5.41) is 14.3. The minimum atomic E-state index is -1.22. The van der Waals surface area contributed by atoms with E-state index >= 15 is 0 Å². The molecule has 5 N–H and O–H groups in total. The van der Waals surface area contributed by atoms with Gasteiger partial charge in [0, 0.05) is 30.7 Å². The minimum Gasteiger partial charge on any atom is -0.491 e. The van der Waals surface area contributed by atoms with Gasteiger partial charge in [0.15, 0.2) is 0 Å². The van der Waals surface area contributed by atoms with E-state index in [0.29, 0.717) is 25.0 Å². The molecule has 270 valence electrons. The Morgan fingerprint density at radius 2 is 1.69 bits per heavy atom. The lowest BCUT2D eigenvalue weighted by Crippen LogP contribution is -2.59. The van der Waals surface area contributed by atoms with E-state index in [4.69, 9.17) is 9.47 Å². The maximum Gasteiger partial charge on any atom is 0.252 e. The van der Waals surface area contributed by atoms with E-state index < -0.39 is 47.3 Å². The van der Waals surface area contributed by atoms with Gasteiger partial charge in [-0.15, -0.1) is 0 Å². The SMILES string of the molecule is COc1cc(C(=O)N[C@H]2Cc3ccc(cc3)OC[C@H](CC(C)C)NC(=O)[C@@H](Cc3ccccc3)NC(=O)C3(CC3)NC(=O)[C@@H](C)NC2=O)ccn1. The van der Waals surface area contributed by atoms with Gasteiger partial charge in [0.2, 0.25) is 29.5 Å². The molecule has 1 fully saturated rings. The number of carbonyl (C=O) groups excluding carboxylic acids is 5. The van der Waals surface area contributed by atoms with E-state index in [2.05, 4.69) is 45.4 Å². The Kier molecular flexibility index (Phi) is 11.9. The number of ether oxygens (including phenoxy) is 2. The van der Waals surface area contributed by atoms with Crippen molar-refractivity contribution in [2.45, 2.75) is 82.6 Å². The fourth-order valence-corrected chi connectivity index (χ4v) is 5.92. The number of benzene rings is 2. The van der Waals surface area contributed by atoms with Crippen LogP contribution in [0.2, 0.25) is 0 Å². The van der Waals surface area contributed by atoms with Gasteiger partial charge < -0.3 is 36.1 Å². The predicted molar refractivity (Wildman–Crippen MR) is 189 cm³/mol. The molecule has 3 aromatic rings. The molecule has 0 saturated heterocycles. The summed E-state index contributed by atoms with van der Waals surface area (Å²) < 4.78 is 11.3. The topological polar surface area (TPSA) is 177 Å². The summed E-state index contributed by atoms with van der Waals surface area (Å²) in [5.41, 5.74) is 0.609. The fraction of sp³-hybridized carbons (Fsp3) is 0.421. The third-order valence-corrected chi connectivity index (χ3v) is 8.95. The molecule has 2 aliphatic heterocycles. The molecule has 2 aromatic carbocycles. The second-order valence-electron chi connectivity index (χ2n) is 13.6.